The Kier molecular flexibility index (Phi) is 10.3. The first kappa shape index (κ1) is 29.9. The summed E-state index contributed by atoms with van der Waals surface area (Å²) >= 11 is 0. The van der Waals surface area contributed by atoms with Crippen LogP contribution in [-0.2, 0) is 20.7 Å². The van der Waals surface area contributed by atoms with Gasteiger partial charge in [0.25, 0.3) is 5.91 Å². The number of aryl methyl sites for hydroxylation is 3. The molecule has 7 heteroatoms. The largest absolute Gasteiger partial charge is 0.444 e. The van der Waals surface area contributed by atoms with Crippen LogP contribution in [0.1, 0.15) is 83.2 Å². The molecule has 0 aromatic heterocycles. The molecule has 0 aliphatic rings. The first-order chi connectivity index (χ1) is 17.3. The second-order valence-corrected chi connectivity index (χ2v) is 10.6. The van der Waals surface area contributed by atoms with E-state index in [0.717, 1.165) is 28.8 Å². The lowest BCUT2D eigenvalue weighted by Gasteiger charge is -2.37. The van der Waals surface area contributed by atoms with Crippen LogP contribution in [0.25, 0.3) is 0 Å². The minimum Gasteiger partial charge on any atom is -0.444 e. The van der Waals surface area contributed by atoms with Gasteiger partial charge in [-0.05, 0) is 83.6 Å². The van der Waals surface area contributed by atoms with Gasteiger partial charge in [0.2, 0.25) is 5.91 Å². The molecule has 2 N–H and O–H groups in total. The van der Waals surface area contributed by atoms with Gasteiger partial charge >= 0.3 is 6.09 Å². The third kappa shape index (κ3) is 8.07. The molecular formula is C30H43N3O4. The number of nitrogens with zero attached hydrogens (tertiary/aromatic N) is 1. The van der Waals surface area contributed by atoms with Gasteiger partial charge in [0.15, 0.2) is 0 Å². The highest BCUT2D eigenvalue weighted by molar-refractivity contribution is 6.00. The number of para-hydroxylation sites is 1. The molecule has 0 radical (unpaired) electrons. The van der Waals surface area contributed by atoms with Crippen molar-refractivity contribution in [1.29, 1.82) is 0 Å². The number of anilines is 1. The Bertz CT molecular complexity index is 1070. The second kappa shape index (κ2) is 12.7. The topological polar surface area (TPSA) is 87.7 Å². The van der Waals surface area contributed by atoms with E-state index in [1.165, 1.54) is 0 Å². The molecule has 0 spiro atoms. The molecule has 3 atom stereocenters. The highest BCUT2D eigenvalue weighted by Gasteiger charge is 2.37. The van der Waals surface area contributed by atoms with E-state index in [2.05, 4.69) is 17.6 Å². The number of benzene rings is 2. The molecule has 0 bridgehead atoms. The third-order valence-corrected chi connectivity index (χ3v) is 6.38. The number of carbonyl (C=O) groups excluding carboxylic acids is 3. The number of alkyl carbamates (subject to hydrolysis) is 1. The van der Waals surface area contributed by atoms with Crippen molar-refractivity contribution in [1.82, 2.24) is 10.2 Å². The zero-order valence-corrected chi connectivity index (χ0v) is 23.8. The Morgan fingerprint density at radius 2 is 1.51 bits per heavy atom. The summed E-state index contributed by atoms with van der Waals surface area (Å²) in [5.41, 5.74) is 3.76. The molecule has 0 aliphatic carbocycles. The summed E-state index contributed by atoms with van der Waals surface area (Å²) in [4.78, 5) is 41.8. The van der Waals surface area contributed by atoms with E-state index in [9.17, 15) is 14.4 Å². The average Bonchev–Trinajstić information content (AvgIpc) is 2.82. The van der Waals surface area contributed by atoms with Gasteiger partial charge in [-0.15, -0.1) is 0 Å². The molecule has 0 aliphatic heterocycles. The molecule has 3 amide bonds. The molecule has 0 saturated carbocycles. The molecule has 7 nitrogen and oxygen atoms in total. The van der Waals surface area contributed by atoms with Crippen LogP contribution in [-0.4, -0.2) is 40.5 Å². The van der Waals surface area contributed by atoms with Gasteiger partial charge in [-0.2, -0.15) is 0 Å². The van der Waals surface area contributed by atoms with E-state index in [0.29, 0.717) is 12.0 Å². The van der Waals surface area contributed by atoms with Gasteiger partial charge < -0.3 is 20.3 Å². The standard InChI is InChI=1S/C30H43N3O4/c1-10-21(5)33(28(35)22(6)31-29(36)37-30(7,8)9)26(24-17-15-23(11-2)16-18-24)27(34)32-25-19(3)13-12-14-20(25)4/h12-18,21-22,26H,10-11H2,1-9H3,(H,31,36)(H,32,34). The Morgan fingerprint density at radius 3 is 2.00 bits per heavy atom. The highest BCUT2D eigenvalue weighted by atomic mass is 16.6. The lowest BCUT2D eigenvalue weighted by molar-refractivity contribution is -0.143. The molecule has 0 heterocycles. The van der Waals surface area contributed by atoms with Crippen LogP contribution in [0, 0.1) is 13.8 Å². The first-order valence-electron chi connectivity index (χ1n) is 13.1. The van der Waals surface area contributed by atoms with Crippen molar-refractivity contribution in [3.63, 3.8) is 0 Å². The van der Waals surface area contributed by atoms with Crippen molar-refractivity contribution in [2.24, 2.45) is 0 Å². The smallest absolute Gasteiger partial charge is 0.408 e. The van der Waals surface area contributed by atoms with Crippen LogP contribution >= 0.6 is 0 Å². The molecule has 202 valence electrons. The summed E-state index contributed by atoms with van der Waals surface area (Å²) < 4.78 is 5.35. The van der Waals surface area contributed by atoms with Crippen LogP contribution in [0.5, 0.6) is 0 Å². The third-order valence-electron chi connectivity index (χ3n) is 6.38. The van der Waals surface area contributed by atoms with Crippen LogP contribution in [0.4, 0.5) is 10.5 Å². The lowest BCUT2D eigenvalue weighted by atomic mass is 9.98. The highest BCUT2D eigenvalue weighted by Crippen LogP contribution is 2.29. The number of carbonyl (C=O) groups is 3. The van der Waals surface area contributed by atoms with Crippen molar-refractivity contribution in [3.8, 4) is 0 Å². The number of hydrogen-bond acceptors (Lipinski definition) is 4. The van der Waals surface area contributed by atoms with E-state index in [1.54, 1.807) is 32.6 Å². The molecule has 37 heavy (non-hydrogen) atoms. The monoisotopic (exact) mass is 509 g/mol. The predicted octanol–water partition coefficient (Wildman–Crippen LogP) is 6.09. The molecule has 2 aromatic carbocycles. The average molecular weight is 510 g/mol. The second-order valence-electron chi connectivity index (χ2n) is 10.6. The van der Waals surface area contributed by atoms with E-state index >= 15 is 0 Å². The van der Waals surface area contributed by atoms with Gasteiger partial charge in [0.05, 0.1) is 0 Å². The number of ether oxygens (including phenoxy) is 1. The fourth-order valence-electron chi connectivity index (χ4n) is 4.14. The van der Waals surface area contributed by atoms with Crippen LogP contribution in [0.15, 0.2) is 42.5 Å². The Labute approximate surface area is 222 Å². The SMILES string of the molecule is CCc1ccc(C(C(=O)Nc2c(C)cccc2C)N(C(=O)C(C)NC(=O)OC(C)(C)C)C(C)CC)cc1. The van der Waals surface area contributed by atoms with Crippen molar-refractivity contribution in [3.05, 3.63) is 64.7 Å². The molecule has 0 fully saturated rings. The fourth-order valence-corrected chi connectivity index (χ4v) is 4.14. The van der Waals surface area contributed by atoms with Crippen molar-refractivity contribution >= 4 is 23.6 Å². The maximum absolute atomic E-state index is 14.0. The summed E-state index contributed by atoms with van der Waals surface area (Å²) in [6.45, 7) is 16.7. The molecule has 2 aromatic rings. The summed E-state index contributed by atoms with van der Waals surface area (Å²) in [5.74, 6) is -0.666. The number of hydrogen-bond donors (Lipinski definition) is 2. The van der Waals surface area contributed by atoms with Gasteiger partial charge in [-0.25, -0.2) is 4.79 Å². The summed E-state index contributed by atoms with van der Waals surface area (Å²) in [6.07, 6.45) is 0.816. The van der Waals surface area contributed by atoms with Crippen molar-refractivity contribution in [2.75, 3.05) is 5.32 Å². The summed E-state index contributed by atoms with van der Waals surface area (Å²) in [5, 5.41) is 5.73. The van der Waals surface area contributed by atoms with Gasteiger partial charge in [0.1, 0.15) is 17.7 Å². The van der Waals surface area contributed by atoms with Crippen molar-refractivity contribution < 1.29 is 19.1 Å². The summed E-state index contributed by atoms with van der Waals surface area (Å²) in [6, 6.07) is 11.5. The summed E-state index contributed by atoms with van der Waals surface area (Å²) in [7, 11) is 0. The van der Waals surface area contributed by atoms with E-state index in [1.807, 2.05) is 70.2 Å². The normalized spacial score (nSPS) is 13.8. The Hall–Kier alpha value is -3.35. The maximum atomic E-state index is 14.0. The van der Waals surface area contributed by atoms with Crippen LogP contribution < -0.4 is 10.6 Å². The maximum Gasteiger partial charge on any atom is 0.408 e. The molecule has 2 rings (SSSR count). The predicted molar refractivity (Wildman–Crippen MR) is 149 cm³/mol. The minimum absolute atomic E-state index is 0.269. The number of nitrogens with one attached hydrogen (secondary N) is 2. The zero-order valence-electron chi connectivity index (χ0n) is 23.8. The fraction of sp³-hybridized carbons (Fsp3) is 0.500. The van der Waals surface area contributed by atoms with Crippen LogP contribution in [0.3, 0.4) is 0 Å². The molecular weight excluding hydrogens is 466 g/mol. The van der Waals surface area contributed by atoms with E-state index in [4.69, 9.17) is 4.74 Å². The van der Waals surface area contributed by atoms with Gasteiger partial charge in [0, 0.05) is 11.7 Å². The zero-order chi connectivity index (χ0) is 27.9. The van der Waals surface area contributed by atoms with Gasteiger partial charge in [-0.3, -0.25) is 9.59 Å². The minimum atomic E-state index is -0.894. The lowest BCUT2D eigenvalue weighted by Crippen LogP contribution is -2.53. The van der Waals surface area contributed by atoms with Crippen molar-refractivity contribution in [2.45, 2.75) is 98.9 Å². The number of amides is 3. The number of rotatable bonds is 9. The Morgan fingerprint density at radius 1 is 0.946 bits per heavy atom. The molecule has 0 saturated heterocycles. The van der Waals surface area contributed by atoms with Gasteiger partial charge in [-0.1, -0.05) is 56.3 Å². The first-order valence-corrected chi connectivity index (χ1v) is 13.1. The molecule has 3 unspecified atom stereocenters. The van der Waals surface area contributed by atoms with E-state index in [-0.39, 0.29) is 17.9 Å². The quantitative estimate of drug-likeness (QED) is 0.428. The Balaban J connectivity index is 2.51. The van der Waals surface area contributed by atoms with Crippen LogP contribution in [0.2, 0.25) is 0 Å². The van der Waals surface area contributed by atoms with E-state index < -0.39 is 23.8 Å².